The maximum atomic E-state index is 8.82. The van der Waals surface area contributed by atoms with Crippen LogP contribution in [-0.2, 0) is 0 Å². The Kier molecular flexibility index (Phi) is 6.09. The molecule has 0 saturated heterocycles. The van der Waals surface area contributed by atoms with Crippen LogP contribution in [0.1, 0.15) is 69.4 Å². The minimum atomic E-state index is 0.619. The summed E-state index contributed by atoms with van der Waals surface area (Å²) in [4.78, 5) is 0. The van der Waals surface area contributed by atoms with Gasteiger partial charge in [0, 0.05) is 5.56 Å². The summed E-state index contributed by atoms with van der Waals surface area (Å²) in [6.45, 7) is 4.86. The Bertz CT molecular complexity index is 462. The van der Waals surface area contributed by atoms with E-state index in [1.807, 2.05) is 13.0 Å². The van der Waals surface area contributed by atoms with E-state index in [9.17, 15) is 0 Å². The summed E-state index contributed by atoms with van der Waals surface area (Å²) in [5.74, 6) is 2.35. The maximum absolute atomic E-state index is 8.82. The summed E-state index contributed by atoms with van der Waals surface area (Å²) in [5, 5.41) is 12.0. The number of rotatable bonds is 6. The van der Waals surface area contributed by atoms with Crippen LogP contribution < -0.4 is 4.74 Å². The van der Waals surface area contributed by atoms with E-state index < -0.39 is 0 Å². The fourth-order valence-electron chi connectivity index (χ4n) is 3.46. The van der Waals surface area contributed by atoms with Gasteiger partial charge < -0.3 is 9.94 Å². The lowest BCUT2D eigenvalue weighted by molar-refractivity contribution is 0.307. The highest BCUT2D eigenvalue weighted by molar-refractivity contribution is 5.83. The van der Waals surface area contributed by atoms with Crippen molar-refractivity contribution in [3.05, 3.63) is 29.3 Å². The van der Waals surface area contributed by atoms with Gasteiger partial charge in [-0.2, -0.15) is 0 Å². The highest BCUT2D eigenvalue weighted by Gasteiger charge is 2.22. The predicted molar refractivity (Wildman–Crippen MR) is 86.6 cm³/mol. The normalized spacial score (nSPS) is 22.6. The minimum Gasteiger partial charge on any atom is -0.493 e. The molecule has 1 aromatic rings. The molecule has 116 valence electrons. The Labute approximate surface area is 128 Å². The van der Waals surface area contributed by atoms with Crippen molar-refractivity contribution in [3.8, 4) is 5.75 Å². The van der Waals surface area contributed by atoms with Crippen molar-refractivity contribution in [2.75, 3.05) is 6.61 Å². The number of ether oxygens (including phenoxy) is 1. The number of hydrogen-bond acceptors (Lipinski definition) is 3. The first kappa shape index (κ1) is 15.9. The van der Waals surface area contributed by atoms with Gasteiger partial charge in [0.2, 0.25) is 0 Å². The topological polar surface area (TPSA) is 41.8 Å². The van der Waals surface area contributed by atoms with E-state index in [1.54, 1.807) is 0 Å². The second-order valence-corrected chi connectivity index (χ2v) is 5.98. The highest BCUT2D eigenvalue weighted by atomic mass is 16.5. The predicted octanol–water partition coefficient (Wildman–Crippen LogP) is 4.97. The Morgan fingerprint density at radius 2 is 2.00 bits per heavy atom. The summed E-state index contributed by atoms with van der Waals surface area (Å²) in [6.07, 6.45) is 9.37. The van der Waals surface area contributed by atoms with Crippen molar-refractivity contribution in [1.82, 2.24) is 0 Å². The van der Waals surface area contributed by atoms with Crippen molar-refractivity contribution in [3.63, 3.8) is 0 Å². The average molecular weight is 289 g/mol. The molecular formula is C18H27NO2. The van der Waals surface area contributed by atoms with E-state index in [0.717, 1.165) is 17.2 Å². The molecule has 3 nitrogen and oxygen atoms in total. The number of hydrogen-bond donors (Lipinski definition) is 1. The Hall–Kier alpha value is -1.51. The molecule has 0 heterocycles. The monoisotopic (exact) mass is 289 g/mol. The third-order valence-electron chi connectivity index (χ3n) is 4.55. The van der Waals surface area contributed by atoms with Crippen molar-refractivity contribution < 1.29 is 9.94 Å². The van der Waals surface area contributed by atoms with E-state index in [1.165, 1.54) is 50.3 Å². The van der Waals surface area contributed by atoms with Crippen LogP contribution in [0.25, 0.3) is 0 Å². The van der Waals surface area contributed by atoms with E-state index in [4.69, 9.17) is 9.94 Å². The zero-order chi connectivity index (χ0) is 15.1. The Morgan fingerprint density at radius 1 is 1.24 bits per heavy atom. The number of nitrogens with zero attached hydrogens (tertiary/aromatic N) is 1. The van der Waals surface area contributed by atoms with Crippen LogP contribution in [0.15, 0.2) is 23.4 Å². The van der Waals surface area contributed by atoms with Gasteiger partial charge in [-0.3, -0.25) is 0 Å². The lowest BCUT2D eigenvalue weighted by Crippen LogP contribution is -2.13. The summed E-state index contributed by atoms with van der Waals surface area (Å²) in [6, 6.07) is 6.30. The van der Waals surface area contributed by atoms with Gasteiger partial charge in [-0.1, -0.05) is 31.0 Å². The molecule has 0 bridgehead atoms. The van der Waals surface area contributed by atoms with Crippen LogP contribution in [0.3, 0.4) is 0 Å². The van der Waals surface area contributed by atoms with Gasteiger partial charge in [-0.05, 0) is 62.1 Å². The minimum absolute atomic E-state index is 0.619. The Balaban J connectivity index is 2.08. The molecule has 0 aliphatic heterocycles. The number of benzene rings is 1. The molecule has 0 radical (unpaired) electrons. The maximum Gasteiger partial charge on any atom is 0.128 e. The SMILES string of the molecule is CCC[C@H]1CC[C@H](c2ccc(OCC)c(C=NO)c2)CC1. The molecule has 0 aromatic heterocycles. The molecule has 0 atom stereocenters. The summed E-state index contributed by atoms with van der Waals surface area (Å²) in [7, 11) is 0. The van der Waals surface area contributed by atoms with Crippen molar-refractivity contribution in [2.45, 2.75) is 58.3 Å². The summed E-state index contributed by atoms with van der Waals surface area (Å²) < 4.78 is 5.58. The highest BCUT2D eigenvalue weighted by Crippen LogP contribution is 2.38. The van der Waals surface area contributed by atoms with Crippen LogP contribution in [0.4, 0.5) is 0 Å². The van der Waals surface area contributed by atoms with Crippen LogP contribution in [0.5, 0.6) is 5.75 Å². The fourth-order valence-corrected chi connectivity index (χ4v) is 3.46. The quantitative estimate of drug-likeness (QED) is 0.456. The molecule has 1 fully saturated rings. The molecule has 0 unspecified atom stereocenters. The largest absolute Gasteiger partial charge is 0.493 e. The van der Waals surface area contributed by atoms with Crippen LogP contribution in [0, 0.1) is 5.92 Å². The second-order valence-electron chi connectivity index (χ2n) is 5.98. The zero-order valence-corrected chi connectivity index (χ0v) is 13.2. The van der Waals surface area contributed by atoms with Gasteiger partial charge in [0.1, 0.15) is 5.75 Å². The molecule has 1 N–H and O–H groups in total. The van der Waals surface area contributed by atoms with Crippen LogP contribution in [-0.4, -0.2) is 18.0 Å². The smallest absolute Gasteiger partial charge is 0.128 e. The molecule has 1 aliphatic carbocycles. The average Bonchev–Trinajstić information content (AvgIpc) is 2.51. The van der Waals surface area contributed by atoms with Gasteiger partial charge in [-0.25, -0.2) is 0 Å². The fraction of sp³-hybridized carbons (Fsp3) is 0.611. The van der Waals surface area contributed by atoms with E-state index >= 15 is 0 Å². The van der Waals surface area contributed by atoms with Crippen molar-refractivity contribution in [1.29, 1.82) is 0 Å². The molecule has 3 heteroatoms. The first-order valence-electron chi connectivity index (χ1n) is 8.22. The molecule has 1 saturated carbocycles. The van der Waals surface area contributed by atoms with Gasteiger partial charge in [0.05, 0.1) is 12.8 Å². The first-order valence-corrected chi connectivity index (χ1v) is 8.22. The Morgan fingerprint density at radius 3 is 2.62 bits per heavy atom. The van der Waals surface area contributed by atoms with E-state index in [2.05, 4.69) is 24.2 Å². The summed E-state index contributed by atoms with van der Waals surface area (Å²) in [5.41, 5.74) is 2.22. The summed E-state index contributed by atoms with van der Waals surface area (Å²) >= 11 is 0. The molecule has 0 amide bonds. The lowest BCUT2D eigenvalue weighted by Gasteiger charge is -2.29. The van der Waals surface area contributed by atoms with Gasteiger partial charge in [0.15, 0.2) is 0 Å². The van der Waals surface area contributed by atoms with Crippen LogP contribution >= 0.6 is 0 Å². The number of oxime groups is 1. The molecule has 0 spiro atoms. The van der Waals surface area contributed by atoms with E-state index in [-0.39, 0.29) is 0 Å². The molecule has 1 aliphatic rings. The first-order chi connectivity index (χ1) is 10.3. The third-order valence-corrected chi connectivity index (χ3v) is 4.55. The van der Waals surface area contributed by atoms with Gasteiger partial charge in [-0.15, -0.1) is 0 Å². The van der Waals surface area contributed by atoms with E-state index in [0.29, 0.717) is 12.5 Å². The van der Waals surface area contributed by atoms with Gasteiger partial charge in [0.25, 0.3) is 0 Å². The molecule has 2 rings (SSSR count). The van der Waals surface area contributed by atoms with Crippen molar-refractivity contribution in [2.24, 2.45) is 11.1 Å². The zero-order valence-electron chi connectivity index (χ0n) is 13.2. The molecule has 1 aromatic carbocycles. The van der Waals surface area contributed by atoms with Gasteiger partial charge >= 0.3 is 0 Å². The molecular weight excluding hydrogens is 262 g/mol. The van der Waals surface area contributed by atoms with Crippen molar-refractivity contribution >= 4 is 6.21 Å². The molecule has 21 heavy (non-hydrogen) atoms. The van der Waals surface area contributed by atoms with Crippen LogP contribution in [0.2, 0.25) is 0 Å². The standard InChI is InChI=1S/C18H27NO2/c1-3-5-14-6-8-15(9-7-14)16-10-11-18(21-4-2)17(12-16)13-19-20/h10-15,20H,3-9H2,1-2H3/t14-,15-. The second kappa shape index (κ2) is 8.06. The third kappa shape index (κ3) is 4.23. The lowest BCUT2D eigenvalue weighted by atomic mass is 9.77.